The summed E-state index contributed by atoms with van der Waals surface area (Å²) in [5.41, 5.74) is 1.42. The first-order valence-corrected chi connectivity index (χ1v) is 6.60. The summed E-state index contributed by atoms with van der Waals surface area (Å²) in [6, 6.07) is 9.12. The molecule has 2 heteroatoms. The number of hydrogen-bond acceptors (Lipinski definition) is 1. The van der Waals surface area contributed by atoms with Crippen LogP contribution in [0.4, 0.5) is 0 Å². The van der Waals surface area contributed by atoms with Crippen molar-refractivity contribution in [2.24, 2.45) is 5.92 Å². The van der Waals surface area contributed by atoms with Gasteiger partial charge in [-0.05, 0) is 36.9 Å². The molecule has 0 amide bonds. The minimum absolute atomic E-state index is 0.541. The summed E-state index contributed by atoms with van der Waals surface area (Å²) in [7, 11) is 0. The quantitative estimate of drug-likeness (QED) is 0.873. The van der Waals surface area contributed by atoms with Gasteiger partial charge in [0.25, 0.3) is 0 Å². The van der Waals surface area contributed by atoms with Crippen LogP contribution in [0.15, 0.2) is 28.7 Å². The first kappa shape index (κ1) is 11.2. The van der Waals surface area contributed by atoms with E-state index in [-0.39, 0.29) is 0 Å². The first-order chi connectivity index (χ1) is 7.33. The van der Waals surface area contributed by atoms with Crippen molar-refractivity contribution in [1.29, 1.82) is 0 Å². The van der Waals surface area contributed by atoms with Crippen LogP contribution < -0.4 is 5.32 Å². The van der Waals surface area contributed by atoms with Crippen LogP contribution in [-0.4, -0.2) is 6.54 Å². The first-order valence-electron chi connectivity index (χ1n) is 5.80. The lowest BCUT2D eigenvalue weighted by Crippen LogP contribution is -2.32. The van der Waals surface area contributed by atoms with Crippen molar-refractivity contribution in [3.63, 3.8) is 0 Å². The Bertz CT molecular complexity index is 320. The third-order valence-corrected chi connectivity index (χ3v) is 4.01. The van der Waals surface area contributed by atoms with Crippen LogP contribution in [0.5, 0.6) is 0 Å². The van der Waals surface area contributed by atoms with E-state index in [9.17, 15) is 0 Å². The minimum atomic E-state index is 0.541. The number of hydrogen-bond donors (Lipinski definition) is 1. The lowest BCUT2D eigenvalue weighted by Gasteiger charge is -2.35. The molecule has 0 aromatic heterocycles. The van der Waals surface area contributed by atoms with Crippen LogP contribution >= 0.6 is 15.9 Å². The van der Waals surface area contributed by atoms with E-state index in [4.69, 9.17) is 0 Å². The molecule has 1 aliphatic rings. The fraction of sp³-hybridized carbons (Fsp3) is 0.538. The van der Waals surface area contributed by atoms with E-state index in [0.717, 1.165) is 12.5 Å². The second kappa shape index (κ2) is 5.13. The zero-order valence-corrected chi connectivity index (χ0v) is 10.8. The predicted molar refractivity (Wildman–Crippen MR) is 67.9 cm³/mol. The van der Waals surface area contributed by atoms with Crippen LogP contribution in [0, 0.1) is 5.92 Å². The summed E-state index contributed by atoms with van der Waals surface area (Å²) in [6.07, 6.45) is 4.15. The fourth-order valence-corrected chi connectivity index (χ4v) is 2.78. The maximum Gasteiger partial charge on any atom is 0.0359 e. The van der Waals surface area contributed by atoms with Gasteiger partial charge in [-0.1, -0.05) is 47.5 Å². The number of nitrogens with one attached hydrogen (secondary N) is 1. The smallest absolute Gasteiger partial charge is 0.0359 e. The zero-order chi connectivity index (χ0) is 10.7. The molecule has 0 radical (unpaired) electrons. The van der Waals surface area contributed by atoms with Crippen LogP contribution in [-0.2, 0) is 0 Å². The van der Waals surface area contributed by atoms with Gasteiger partial charge in [-0.3, -0.25) is 0 Å². The van der Waals surface area contributed by atoms with Gasteiger partial charge in [-0.15, -0.1) is 0 Å². The monoisotopic (exact) mass is 267 g/mol. The summed E-state index contributed by atoms with van der Waals surface area (Å²) in [6.45, 7) is 3.23. The maximum atomic E-state index is 3.65. The lowest BCUT2D eigenvalue weighted by atomic mass is 9.77. The average molecular weight is 268 g/mol. The molecule has 82 valence electrons. The molecule has 1 aromatic carbocycles. The van der Waals surface area contributed by atoms with Gasteiger partial charge in [-0.25, -0.2) is 0 Å². The molecule has 1 N–H and O–H groups in total. The van der Waals surface area contributed by atoms with E-state index < -0.39 is 0 Å². The Morgan fingerprint density at radius 3 is 2.67 bits per heavy atom. The molecular formula is C13H18BrN. The molecule has 1 aromatic rings. The molecule has 0 aliphatic heterocycles. The standard InChI is InChI=1S/C13H18BrN/c1-2-15-13(10-6-5-7-10)11-8-3-4-9-12(11)14/h3-4,8-10,13,15H,2,5-7H2,1H3. The van der Waals surface area contributed by atoms with Crippen molar-refractivity contribution in [3.8, 4) is 0 Å². The molecule has 1 unspecified atom stereocenters. The average Bonchev–Trinajstić information content (AvgIpc) is 2.15. The van der Waals surface area contributed by atoms with Gasteiger partial charge in [0, 0.05) is 10.5 Å². The Labute approximate surface area is 100 Å². The molecule has 1 aliphatic carbocycles. The molecule has 1 nitrogen and oxygen atoms in total. The summed E-state index contributed by atoms with van der Waals surface area (Å²) in [5.74, 6) is 0.837. The summed E-state index contributed by atoms with van der Waals surface area (Å²) < 4.78 is 1.24. The van der Waals surface area contributed by atoms with Gasteiger partial charge in [0.15, 0.2) is 0 Å². The van der Waals surface area contributed by atoms with Crippen molar-refractivity contribution < 1.29 is 0 Å². The van der Waals surface area contributed by atoms with Gasteiger partial charge in [0.1, 0.15) is 0 Å². The molecule has 0 saturated heterocycles. The van der Waals surface area contributed by atoms with Crippen molar-refractivity contribution in [2.45, 2.75) is 32.2 Å². The summed E-state index contributed by atoms with van der Waals surface area (Å²) in [4.78, 5) is 0. The third kappa shape index (κ3) is 2.43. The van der Waals surface area contributed by atoms with E-state index in [1.54, 1.807) is 0 Å². The number of benzene rings is 1. The molecule has 1 atom stereocenters. The normalized spacial score (nSPS) is 18.5. The lowest BCUT2D eigenvalue weighted by molar-refractivity contribution is 0.232. The highest BCUT2D eigenvalue weighted by Crippen LogP contribution is 2.39. The second-order valence-electron chi connectivity index (χ2n) is 4.25. The molecule has 1 saturated carbocycles. The van der Waals surface area contributed by atoms with Crippen LogP contribution in [0.1, 0.15) is 37.8 Å². The Kier molecular flexibility index (Phi) is 3.81. The zero-order valence-electron chi connectivity index (χ0n) is 9.17. The largest absolute Gasteiger partial charge is 0.310 e. The Hall–Kier alpha value is -0.340. The molecule has 2 rings (SSSR count). The fourth-order valence-electron chi connectivity index (χ4n) is 2.25. The van der Waals surface area contributed by atoms with E-state index >= 15 is 0 Å². The van der Waals surface area contributed by atoms with Crippen molar-refractivity contribution in [3.05, 3.63) is 34.3 Å². The van der Waals surface area contributed by atoms with Crippen LogP contribution in [0.25, 0.3) is 0 Å². The maximum absolute atomic E-state index is 3.65. The Morgan fingerprint density at radius 1 is 1.40 bits per heavy atom. The molecule has 0 spiro atoms. The minimum Gasteiger partial charge on any atom is -0.310 e. The van der Waals surface area contributed by atoms with Crippen molar-refractivity contribution in [2.75, 3.05) is 6.54 Å². The molecule has 0 heterocycles. The highest BCUT2D eigenvalue weighted by Gasteiger charge is 2.28. The molecule has 0 bridgehead atoms. The number of halogens is 1. The molecule has 1 fully saturated rings. The van der Waals surface area contributed by atoms with Crippen LogP contribution in [0.3, 0.4) is 0 Å². The third-order valence-electron chi connectivity index (χ3n) is 3.29. The highest BCUT2D eigenvalue weighted by molar-refractivity contribution is 9.10. The van der Waals surface area contributed by atoms with E-state index in [2.05, 4.69) is 52.4 Å². The van der Waals surface area contributed by atoms with Gasteiger partial charge < -0.3 is 5.32 Å². The molecular weight excluding hydrogens is 250 g/mol. The van der Waals surface area contributed by atoms with Gasteiger partial charge in [-0.2, -0.15) is 0 Å². The number of rotatable bonds is 4. The van der Waals surface area contributed by atoms with Gasteiger partial charge in [0.2, 0.25) is 0 Å². The van der Waals surface area contributed by atoms with Crippen molar-refractivity contribution in [1.82, 2.24) is 5.32 Å². The SMILES string of the molecule is CCNC(c1ccccc1Br)C1CCC1. The second-order valence-corrected chi connectivity index (χ2v) is 5.10. The van der Waals surface area contributed by atoms with Gasteiger partial charge >= 0.3 is 0 Å². The van der Waals surface area contributed by atoms with E-state index in [0.29, 0.717) is 6.04 Å². The van der Waals surface area contributed by atoms with Gasteiger partial charge in [0.05, 0.1) is 0 Å². The summed E-state index contributed by atoms with van der Waals surface area (Å²) >= 11 is 3.65. The van der Waals surface area contributed by atoms with Crippen molar-refractivity contribution >= 4 is 15.9 Å². The molecule has 15 heavy (non-hydrogen) atoms. The summed E-state index contributed by atoms with van der Waals surface area (Å²) in [5, 5.41) is 3.61. The predicted octanol–water partition coefficient (Wildman–Crippen LogP) is 3.90. The van der Waals surface area contributed by atoms with Crippen LogP contribution in [0.2, 0.25) is 0 Å². The topological polar surface area (TPSA) is 12.0 Å². The van der Waals surface area contributed by atoms with E-state index in [1.807, 2.05) is 0 Å². The Balaban J connectivity index is 2.19. The Morgan fingerprint density at radius 2 is 2.13 bits per heavy atom. The van der Waals surface area contributed by atoms with E-state index in [1.165, 1.54) is 29.3 Å². The highest BCUT2D eigenvalue weighted by atomic mass is 79.9.